The van der Waals surface area contributed by atoms with Gasteiger partial charge in [0.15, 0.2) is 0 Å². The van der Waals surface area contributed by atoms with Crippen molar-refractivity contribution in [3.05, 3.63) is 22.4 Å². The molecule has 0 amide bonds. The Balaban J connectivity index is 2.87. The largest absolute Gasteiger partial charge is 0.481 e. The quantitative estimate of drug-likeness (QED) is 0.659. The molecule has 0 saturated heterocycles. The number of anilines is 1. The molecule has 1 aromatic carbocycles. The smallest absolute Gasteiger partial charge is 0.313 e. The molecule has 0 aromatic heterocycles. The topological polar surface area (TPSA) is 63.3 Å². The summed E-state index contributed by atoms with van der Waals surface area (Å²) in [5.41, 5.74) is 5.35. The number of carboxylic acid groups (broad SMARTS) is 1. The Kier molecular flexibility index (Phi) is 3.77. The molecule has 1 rings (SSSR count). The third kappa shape index (κ3) is 2.88. The molecule has 0 spiro atoms. The monoisotopic (exact) mass is 279 g/mol. The maximum absolute atomic E-state index is 12.9. The van der Waals surface area contributed by atoms with Crippen LogP contribution in [0.25, 0.3) is 0 Å². The van der Waals surface area contributed by atoms with Crippen LogP contribution in [0, 0.1) is 5.82 Å². The number of carbonyl (C=O) groups is 1. The fraction of sp³-hybridized carbons (Fsp3) is 0.125. The van der Waals surface area contributed by atoms with E-state index >= 15 is 0 Å². The van der Waals surface area contributed by atoms with Gasteiger partial charge in [0.2, 0.25) is 0 Å². The standard InChI is InChI=1S/C8H7BrFNO2S/c9-4-1-5(10)6(11)2-7(4)14-3-8(12)13/h1-2H,3,11H2,(H,12,13). The molecule has 0 aliphatic carbocycles. The predicted molar refractivity (Wildman–Crippen MR) is 56.9 cm³/mol. The van der Waals surface area contributed by atoms with Crippen LogP contribution >= 0.6 is 27.7 Å². The van der Waals surface area contributed by atoms with Crippen LogP contribution in [-0.4, -0.2) is 16.8 Å². The summed E-state index contributed by atoms with van der Waals surface area (Å²) in [6, 6.07) is 2.63. The number of rotatable bonds is 3. The number of nitrogens with two attached hydrogens (primary N) is 1. The second-order valence-electron chi connectivity index (χ2n) is 2.49. The van der Waals surface area contributed by atoms with Gasteiger partial charge in [0.05, 0.1) is 11.4 Å². The molecule has 3 nitrogen and oxygen atoms in total. The molecule has 0 fully saturated rings. The van der Waals surface area contributed by atoms with Crippen LogP contribution in [0.3, 0.4) is 0 Å². The minimum Gasteiger partial charge on any atom is -0.481 e. The normalized spacial score (nSPS) is 10.1. The number of nitrogen functional groups attached to an aromatic ring is 1. The molecule has 0 unspecified atom stereocenters. The van der Waals surface area contributed by atoms with Gasteiger partial charge in [-0.25, -0.2) is 4.39 Å². The first-order valence-electron chi connectivity index (χ1n) is 3.60. The second kappa shape index (κ2) is 4.65. The van der Waals surface area contributed by atoms with Gasteiger partial charge in [-0.1, -0.05) is 0 Å². The molecular formula is C8H7BrFNO2S. The zero-order valence-corrected chi connectivity index (χ0v) is 9.36. The SMILES string of the molecule is Nc1cc(SCC(=O)O)c(Br)cc1F. The maximum Gasteiger partial charge on any atom is 0.313 e. The molecule has 0 bridgehead atoms. The van der Waals surface area contributed by atoms with E-state index in [0.717, 1.165) is 11.8 Å². The first-order chi connectivity index (χ1) is 6.50. The summed E-state index contributed by atoms with van der Waals surface area (Å²) in [5.74, 6) is -1.52. The second-order valence-corrected chi connectivity index (χ2v) is 4.36. The van der Waals surface area contributed by atoms with Crippen molar-refractivity contribution in [3.8, 4) is 0 Å². The van der Waals surface area contributed by atoms with Crippen molar-refractivity contribution in [1.29, 1.82) is 0 Å². The van der Waals surface area contributed by atoms with E-state index in [4.69, 9.17) is 10.8 Å². The lowest BCUT2D eigenvalue weighted by Crippen LogP contribution is -1.98. The third-order valence-electron chi connectivity index (χ3n) is 1.40. The fourth-order valence-electron chi connectivity index (χ4n) is 0.795. The van der Waals surface area contributed by atoms with E-state index in [1.165, 1.54) is 12.1 Å². The van der Waals surface area contributed by atoms with Crippen LogP contribution < -0.4 is 5.73 Å². The highest BCUT2D eigenvalue weighted by molar-refractivity contribution is 9.10. The predicted octanol–water partition coefficient (Wildman–Crippen LogP) is 2.35. The van der Waals surface area contributed by atoms with E-state index < -0.39 is 11.8 Å². The van der Waals surface area contributed by atoms with Gasteiger partial charge in [0.25, 0.3) is 0 Å². The average Bonchev–Trinajstić information content (AvgIpc) is 2.09. The van der Waals surface area contributed by atoms with Gasteiger partial charge >= 0.3 is 5.97 Å². The van der Waals surface area contributed by atoms with Gasteiger partial charge in [-0.2, -0.15) is 0 Å². The zero-order valence-electron chi connectivity index (χ0n) is 6.96. The number of thioether (sulfide) groups is 1. The van der Waals surface area contributed by atoms with Crippen molar-refractivity contribution in [2.45, 2.75) is 4.90 Å². The summed E-state index contributed by atoms with van der Waals surface area (Å²) in [6.45, 7) is 0. The molecule has 0 aliphatic heterocycles. The molecule has 14 heavy (non-hydrogen) atoms. The minimum absolute atomic E-state index is 0.0149. The Morgan fingerprint density at radius 1 is 1.64 bits per heavy atom. The van der Waals surface area contributed by atoms with E-state index in [1.54, 1.807) is 0 Å². The molecule has 0 atom stereocenters. The van der Waals surface area contributed by atoms with Crippen LogP contribution in [0.2, 0.25) is 0 Å². The lowest BCUT2D eigenvalue weighted by Gasteiger charge is -2.04. The maximum atomic E-state index is 12.9. The van der Waals surface area contributed by atoms with Gasteiger partial charge in [0, 0.05) is 9.37 Å². The van der Waals surface area contributed by atoms with Gasteiger partial charge < -0.3 is 10.8 Å². The number of aliphatic carboxylic acids is 1. The zero-order chi connectivity index (χ0) is 10.7. The Morgan fingerprint density at radius 3 is 2.86 bits per heavy atom. The Bertz CT molecular complexity index is 373. The number of carboxylic acids is 1. The molecule has 1 aromatic rings. The molecule has 6 heteroatoms. The van der Waals surface area contributed by atoms with Crippen LogP contribution in [0.5, 0.6) is 0 Å². The molecule has 0 saturated carbocycles. The highest BCUT2D eigenvalue weighted by Gasteiger charge is 2.08. The molecule has 76 valence electrons. The average molecular weight is 280 g/mol. The van der Waals surface area contributed by atoms with Crippen molar-refractivity contribution in [3.63, 3.8) is 0 Å². The van der Waals surface area contributed by atoms with Crippen LogP contribution in [0.1, 0.15) is 0 Å². The fourth-order valence-corrected chi connectivity index (χ4v) is 2.14. The number of hydrogen-bond donors (Lipinski definition) is 2. The van der Waals surface area contributed by atoms with Crippen LogP contribution in [-0.2, 0) is 4.79 Å². The summed E-state index contributed by atoms with van der Waals surface area (Å²) in [4.78, 5) is 10.9. The molecule has 0 aliphatic rings. The highest BCUT2D eigenvalue weighted by atomic mass is 79.9. The van der Waals surface area contributed by atoms with Crippen molar-refractivity contribution in [2.24, 2.45) is 0 Å². The molecular weight excluding hydrogens is 273 g/mol. The summed E-state index contributed by atoms with van der Waals surface area (Å²) in [6.07, 6.45) is 0. The Labute approximate surface area is 92.6 Å². The summed E-state index contributed by atoms with van der Waals surface area (Å²) < 4.78 is 13.4. The van der Waals surface area contributed by atoms with Crippen LogP contribution in [0.15, 0.2) is 21.5 Å². The molecule has 0 radical (unpaired) electrons. The van der Waals surface area contributed by atoms with Crippen molar-refractivity contribution >= 4 is 39.3 Å². The van der Waals surface area contributed by atoms with E-state index in [-0.39, 0.29) is 11.4 Å². The minimum atomic E-state index is -0.926. The lowest BCUT2D eigenvalue weighted by molar-refractivity contribution is -0.133. The van der Waals surface area contributed by atoms with E-state index in [0.29, 0.717) is 9.37 Å². The third-order valence-corrected chi connectivity index (χ3v) is 3.36. The summed E-state index contributed by atoms with van der Waals surface area (Å²) in [5, 5.41) is 8.45. The first-order valence-corrected chi connectivity index (χ1v) is 5.37. The number of benzene rings is 1. The Morgan fingerprint density at radius 2 is 2.29 bits per heavy atom. The van der Waals surface area contributed by atoms with E-state index in [2.05, 4.69) is 15.9 Å². The van der Waals surface area contributed by atoms with Crippen molar-refractivity contribution < 1.29 is 14.3 Å². The summed E-state index contributed by atoms with van der Waals surface area (Å²) in [7, 11) is 0. The number of hydrogen-bond acceptors (Lipinski definition) is 3. The lowest BCUT2D eigenvalue weighted by atomic mass is 10.3. The van der Waals surface area contributed by atoms with Crippen molar-refractivity contribution in [1.82, 2.24) is 0 Å². The molecule has 3 N–H and O–H groups in total. The van der Waals surface area contributed by atoms with Gasteiger partial charge in [0.1, 0.15) is 5.82 Å². The summed E-state index contributed by atoms with van der Waals surface area (Å²) >= 11 is 4.21. The van der Waals surface area contributed by atoms with E-state index in [9.17, 15) is 9.18 Å². The Hall–Kier alpha value is -0.750. The number of halogens is 2. The van der Waals surface area contributed by atoms with E-state index in [1.807, 2.05) is 0 Å². The highest BCUT2D eigenvalue weighted by Crippen LogP contribution is 2.30. The van der Waals surface area contributed by atoms with Gasteiger partial charge in [-0.15, -0.1) is 11.8 Å². The van der Waals surface area contributed by atoms with Crippen LogP contribution in [0.4, 0.5) is 10.1 Å². The first kappa shape index (κ1) is 11.3. The van der Waals surface area contributed by atoms with Gasteiger partial charge in [-0.3, -0.25) is 4.79 Å². The molecule has 0 heterocycles. The van der Waals surface area contributed by atoms with Crippen molar-refractivity contribution in [2.75, 3.05) is 11.5 Å². The van der Waals surface area contributed by atoms with Gasteiger partial charge in [-0.05, 0) is 28.1 Å².